The highest BCUT2D eigenvalue weighted by Crippen LogP contribution is 2.65. The average molecular weight is 389 g/mol. The van der Waals surface area contributed by atoms with Gasteiger partial charge in [-0.2, -0.15) is 0 Å². The van der Waals surface area contributed by atoms with Crippen LogP contribution in [-0.4, -0.2) is 29.2 Å². The van der Waals surface area contributed by atoms with Crippen molar-refractivity contribution in [2.75, 3.05) is 6.61 Å². The second kappa shape index (κ2) is 6.94. The topological polar surface area (TPSA) is 46.5 Å². The summed E-state index contributed by atoms with van der Waals surface area (Å²) in [6.07, 6.45) is 11.7. The Bertz CT molecular complexity index is 663. The normalized spacial score (nSPS) is 47.9. The van der Waals surface area contributed by atoms with E-state index < -0.39 is 5.60 Å². The Labute approximate surface area is 171 Å². The average Bonchev–Trinajstić information content (AvgIpc) is 2.96. The first kappa shape index (κ1) is 20.6. The van der Waals surface area contributed by atoms with E-state index in [-0.39, 0.29) is 35.2 Å². The molecule has 0 aliphatic heterocycles. The van der Waals surface area contributed by atoms with Gasteiger partial charge in [0.1, 0.15) is 6.61 Å². The van der Waals surface area contributed by atoms with Gasteiger partial charge >= 0.3 is 0 Å². The zero-order chi connectivity index (χ0) is 20.3. The first-order chi connectivity index (χ1) is 13.1. The molecule has 4 aliphatic rings. The quantitative estimate of drug-likeness (QED) is 0.664. The molecule has 3 unspecified atom stereocenters. The van der Waals surface area contributed by atoms with E-state index in [9.17, 15) is 9.90 Å². The number of carbonyl (C=O) groups excluding carboxylic acids is 1. The second-order valence-electron chi connectivity index (χ2n) is 11.5. The van der Waals surface area contributed by atoms with E-state index in [1.54, 1.807) is 0 Å². The van der Waals surface area contributed by atoms with Crippen molar-refractivity contribution in [3.63, 3.8) is 0 Å². The smallest absolute Gasteiger partial charge is 0.160 e. The number of ether oxygens (including phenoxy) is 1. The van der Waals surface area contributed by atoms with Crippen molar-refractivity contribution in [1.29, 1.82) is 0 Å². The molecule has 3 fully saturated rings. The number of Topliss-reactive ketones (excluding diaryl/α,β-unsaturated/α-hetero) is 1. The first-order valence-electron chi connectivity index (χ1n) is 11.6. The summed E-state index contributed by atoms with van der Waals surface area (Å²) in [6, 6.07) is 0. The van der Waals surface area contributed by atoms with Crippen LogP contribution in [0.3, 0.4) is 0 Å². The van der Waals surface area contributed by atoms with E-state index in [0.717, 1.165) is 37.5 Å². The van der Waals surface area contributed by atoms with Gasteiger partial charge < -0.3 is 9.84 Å². The SMILES string of the molecule is CC(C)C(=O)CO[C@H]1CCC2C3CC=C4C[C@@](C)(O)CC[C@]4(C)C3CC[C@@]21C. The van der Waals surface area contributed by atoms with Crippen molar-refractivity contribution >= 4 is 5.78 Å². The lowest BCUT2D eigenvalue weighted by molar-refractivity contribution is -0.135. The Hall–Kier alpha value is -0.670. The Kier molecular flexibility index (Phi) is 5.11. The fourth-order valence-electron chi connectivity index (χ4n) is 7.38. The van der Waals surface area contributed by atoms with Gasteiger partial charge in [-0.05, 0) is 86.9 Å². The molecule has 0 spiro atoms. The van der Waals surface area contributed by atoms with Gasteiger partial charge in [0.05, 0.1) is 11.7 Å². The summed E-state index contributed by atoms with van der Waals surface area (Å²) in [5.41, 5.74) is 1.51. The zero-order valence-corrected chi connectivity index (χ0v) is 18.6. The van der Waals surface area contributed by atoms with Crippen LogP contribution in [0.15, 0.2) is 11.6 Å². The van der Waals surface area contributed by atoms with Crippen molar-refractivity contribution in [2.24, 2.45) is 34.5 Å². The molecular weight excluding hydrogens is 348 g/mol. The van der Waals surface area contributed by atoms with Crippen LogP contribution in [0.5, 0.6) is 0 Å². The molecule has 0 amide bonds. The van der Waals surface area contributed by atoms with E-state index >= 15 is 0 Å². The number of hydrogen-bond acceptors (Lipinski definition) is 3. The largest absolute Gasteiger partial charge is 0.390 e. The van der Waals surface area contributed by atoms with E-state index in [2.05, 4.69) is 19.9 Å². The zero-order valence-electron chi connectivity index (χ0n) is 18.6. The Balaban J connectivity index is 1.52. The third-order valence-electron chi connectivity index (χ3n) is 9.36. The predicted octanol–water partition coefficient (Wildman–Crippen LogP) is 5.31. The summed E-state index contributed by atoms with van der Waals surface area (Å²) in [4.78, 5) is 12.1. The van der Waals surface area contributed by atoms with Gasteiger partial charge in [0.15, 0.2) is 5.78 Å². The number of ketones is 1. The maximum Gasteiger partial charge on any atom is 0.160 e. The molecule has 1 N–H and O–H groups in total. The number of rotatable bonds is 4. The fourth-order valence-corrected chi connectivity index (χ4v) is 7.38. The molecule has 28 heavy (non-hydrogen) atoms. The van der Waals surface area contributed by atoms with Gasteiger partial charge in [0, 0.05) is 5.92 Å². The van der Waals surface area contributed by atoms with Crippen LogP contribution in [0, 0.1) is 34.5 Å². The number of carbonyl (C=O) groups is 1. The predicted molar refractivity (Wildman–Crippen MR) is 112 cm³/mol. The molecule has 0 bridgehead atoms. The lowest BCUT2D eigenvalue weighted by Crippen LogP contribution is -2.52. The third-order valence-corrected chi connectivity index (χ3v) is 9.36. The highest BCUT2D eigenvalue weighted by Gasteiger charge is 2.59. The lowest BCUT2D eigenvalue weighted by Gasteiger charge is -2.58. The van der Waals surface area contributed by atoms with E-state index in [4.69, 9.17) is 4.74 Å². The molecule has 0 radical (unpaired) electrons. The third kappa shape index (κ3) is 3.21. The Morgan fingerprint density at radius 3 is 2.61 bits per heavy atom. The number of aliphatic hydroxyl groups is 1. The Morgan fingerprint density at radius 1 is 1.14 bits per heavy atom. The molecule has 0 aromatic rings. The van der Waals surface area contributed by atoms with Gasteiger partial charge in [-0.15, -0.1) is 0 Å². The lowest BCUT2D eigenvalue weighted by atomic mass is 9.47. The van der Waals surface area contributed by atoms with Crippen LogP contribution < -0.4 is 0 Å². The summed E-state index contributed by atoms with van der Waals surface area (Å²) >= 11 is 0. The van der Waals surface area contributed by atoms with Gasteiger partial charge in [-0.25, -0.2) is 0 Å². The number of allylic oxidation sites excluding steroid dienone is 1. The minimum Gasteiger partial charge on any atom is -0.390 e. The standard InChI is InChI=1S/C25H40O3/c1-16(2)21(26)15-28-22-9-8-19-18-7-6-17-14-23(3,27)12-13-24(17,4)20(18)10-11-25(19,22)5/h6,16,18-20,22,27H,7-15H2,1-5H3/t18?,19?,20?,22-,23-,24-,25-/m0/s1. The summed E-state index contributed by atoms with van der Waals surface area (Å²) < 4.78 is 6.24. The molecule has 0 aromatic carbocycles. The summed E-state index contributed by atoms with van der Waals surface area (Å²) in [5.74, 6) is 2.49. The molecule has 4 aliphatic carbocycles. The van der Waals surface area contributed by atoms with Crippen LogP contribution in [0.4, 0.5) is 0 Å². The number of hydrogen-bond donors (Lipinski definition) is 1. The maximum atomic E-state index is 12.1. The molecule has 7 atom stereocenters. The summed E-state index contributed by atoms with van der Waals surface area (Å²) in [6.45, 7) is 11.1. The van der Waals surface area contributed by atoms with Crippen molar-refractivity contribution in [3.8, 4) is 0 Å². The summed E-state index contributed by atoms with van der Waals surface area (Å²) in [7, 11) is 0. The monoisotopic (exact) mass is 388 g/mol. The van der Waals surface area contributed by atoms with Crippen LogP contribution in [0.25, 0.3) is 0 Å². The van der Waals surface area contributed by atoms with Crippen molar-refractivity contribution in [1.82, 2.24) is 0 Å². The van der Waals surface area contributed by atoms with Crippen molar-refractivity contribution in [3.05, 3.63) is 11.6 Å². The van der Waals surface area contributed by atoms with Crippen LogP contribution >= 0.6 is 0 Å². The second-order valence-corrected chi connectivity index (χ2v) is 11.5. The van der Waals surface area contributed by atoms with Gasteiger partial charge in [-0.1, -0.05) is 39.3 Å². The van der Waals surface area contributed by atoms with Crippen LogP contribution in [0.1, 0.15) is 86.0 Å². The van der Waals surface area contributed by atoms with E-state index in [1.807, 2.05) is 20.8 Å². The van der Waals surface area contributed by atoms with E-state index in [1.165, 1.54) is 31.3 Å². The summed E-state index contributed by atoms with van der Waals surface area (Å²) in [5, 5.41) is 10.6. The molecule has 158 valence electrons. The van der Waals surface area contributed by atoms with Crippen LogP contribution in [-0.2, 0) is 9.53 Å². The fraction of sp³-hybridized carbons (Fsp3) is 0.880. The van der Waals surface area contributed by atoms with Gasteiger partial charge in [0.2, 0.25) is 0 Å². The van der Waals surface area contributed by atoms with E-state index in [0.29, 0.717) is 5.92 Å². The molecule has 3 heteroatoms. The van der Waals surface area contributed by atoms with Crippen LogP contribution in [0.2, 0.25) is 0 Å². The molecule has 0 aromatic heterocycles. The first-order valence-corrected chi connectivity index (χ1v) is 11.6. The van der Waals surface area contributed by atoms with Gasteiger partial charge in [0.25, 0.3) is 0 Å². The maximum absolute atomic E-state index is 12.1. The molecular formula is C25H40O3. The molecule has 3 nitrogen and oxygen atoms in total. The van der Waals surface area contributed by atoms with Crippen molar-refractivity contribution in [2.45, 2.75) is 97.7 Å². The Morgan fingerprint density at radius 2 is 1.89 bits per heavy atom. The van der Waals surface area contributed by atoms with Crippen molar-refractivity contribution < 1.29 is 14.6 Å². The number of fused-ring (bicyclic) bond motifs is 5. The minimum absolute atomic E-state index is 0.0612. The molecule has 3 saturated carbocycles. The molecule has 0 heterocycles. The minimum atomic E-state index is -0.517. The van der Waals surface area contributed by atoms with Gasteiger partial charge in [-0.3, -0.25) is 4.79 Å². The highest BCUT2D eigenvalue weighted by atomic mass is 16.5. The molecule has 4 rings (SSSR count). The highest BCUT2D eigenvalue weighted by molar-refractivity contribution is 5.81. The molecule has 0 saturated heterocycles.